The summed E-state index contributed by atoms with van der Waals surface area (Å²) < 4.78 is 32.1. The van der Waals surface area contributed by atoms with Gasteiger partial charge in [-0.2, -0.15) is 0 Å². The van der Waals surface area contributed by atoms with Crippen molar-refractivity contribution in [3.63, 3.8) is 0 Å². The summed E-state index contributed by atoms with van der Waals surface area (Å²) in [6.45, 7) is 6.56. The van der Waals surface area contributed by atoms with Crippen molar-refractivity contribution in [2.24, 2.45) is 5.41 Å². The largest absolute Gasteiger partial charge is 0.389 e. The molecule has 0 amide bonds. The number of hydrogen-bond donors (Lipinski definition) is 2. The normalized spacial score (nSPS) is 14.1. The lowest BCUT2D eigenvalue weighted by atomic mass is 9.90. The number of benzene rings is 1. The summed E-state index contributed by atoms with van der Waals surface area (Å²) in [4.78, 5) is 0.203. The zero-order chi connectivity index (χ0) is 16.1. The first-order valence-electron chi connectivity index (χ1n) is 6.94. The van der Waals surface area contributed by atoms with Crippen LogP contribution in [0.15, 0.2) is 29.2 Å². The minimum absolute atomic E-state index is 0.178. The molecule has 2 N–H and O–H groups in total. The molecule has 1 aromatic rings. The maximum Gasteiger partial charge on any atom is 0.240 e. The third-order valence-corrected chi connectivity index (χ3v) is 4.81. The molecule has 0 fully saturated rings. The summed E-state index contributed by atoms with van der Waals surface area (Å²) in [5, 5.41) is 9.43. The molecule has 21 heavy (non-hydrogen) atoms. The molecular formula is C15H25NO4S. The second-order valence-corrected chi connectivity index (χ2v) is 7.74. The molecule has 1 aromatic carbocycles. The Bertz CT molecular complexity index is 535. The smallest absolute Gasteiger partial charge is 0.240 e. The maximum absolute atomic E-state index is 12.2. The van der Waals surface area contributed by atoms with Crippen LogP contribution in [0.4, 0.5) is 0 Å². The van der Waals surface area contributed by atoms with Gasteiger partial charge in [-0.05, 0) is 36.5 Å². The zero-order valence-electron chi connectivity index (χ0n) is 13.1. The minimum atomic E-state index is -3.53. The van der Waals surface area contributed by atoms with E-state index < -0.39 is 16.1 Å². The molecule has 120 valence electrons. The van der Waals surface area contributed by atoms with E-state index in [-0.39, 0.29) is 10.3 Å². The van der Waals surface area contributed by atoms with Crippen molar-refractivity contribution in [1.82, 2.24) is 4.72 Å². The van der Waals surface area contributed by atoms with Gasteiger partial charge in [0, 0.05) is 20.3 Å². The van der Waals surface area contributed by atoms with E-state index in [0.29, 0.717) is 18.7 Å². The fourth-order valence-electron chi connectivity index (χ4n) is 1.77. The fourth-order valence-corrected chi connectivity index (χ4v) is 3.01. The van der Waals surface area contributed by atoms with Crippen LogP contribution in [0.1, 0.15) is 38.9 Å². The summed E-state index contributed by atoms with van der Waals surface area (Å²) in [7, 11) is -1.90. The standard InChI is InChI=1S/C15H25NO4S/c1-12(17)13-5-7-14(8-6-13)21(18,19)16-11-15(2,3)9-10-20-4/h5-8,12,16-17H,9-11H2,1-4H3. The van der Waals surface area contributed by atoms with E-state index in [0.717, 1.165) is 6.42 Å². The third kappa shape index (κ3) is 5.74. The maximum atomic E-state index is 12.2. The number of aliphatic hydroxyl groups excluding tert-OH is 1. The van der Waals surface area contributed by atoms with Gasteiger partial charge in [-0.3, -0.25) is 0 Å². The van der Waals surface area contributed by atoms with Crippen LogP contribution in [-0.4, -0.2) is 33.8 Å². The number of nitrogens with one attached hydrogen (secondary N) is 1. The van der Waals surface area contributed by atoms with E-state index in [1.165, 1.54) is 12.1 Å². The van der Waals surface area contributed by atoms with Crippen molar-refractivity contribution in [2.45, 2.75) is 38.2 Å². The van der Waals surface area contributed by atoms with Gasteiger partial charge in [0.25, 0.3) is 0 Å². The Morgan fingerprint density at radius 2 is 1.86 bits per heavy atom. The molecule has 0 aromatic heterocycles. The predicted octanol–water partition coefficient (Wildman–Crippen LogP) is 2.08. The molecule has 6 heteroatoms. The first-order valence-corrected chi connectivity index (χ1v) is 8.43. The first-order chi connectivity index (χ1) is 9.68. The lowest BCUT2D eigenvalue weighted by Gasteiger charge is -2.24. The summed E-state index contributed by atoms with van der Waals surface area (Å²) in [6.07, 6.45) is 0.162. The van der Waals surface area contributed by atoms with Gasteiger partial charge in [-0.25, -0.2) is 13.1 Å². The lowest BCUT2D eigenvalue weighted by molar-refractivity contribution is 0.153. The molecule has 1 rings (SSSR count). The van der Waals surface area contributed by atoms with Crippen LogP contribution in [0.25, 0.3) is 0 Å². The Balaban J connectivity index is 2.73. The lowest BCUT2D eigenvalue weighted by Crippen LogP contribution is -2.34. The Morgan fingerprint density at radius 3 is 2.33 bits per heavy atom. The van der Waals surface area contributed by atoms with Gasteiger partial charge in [0.15, 0.2) is 0 Å². The zero-order valence-corrected chi connectivity index (χ0v) is 13.9. The first kappa shape index (κ1) is 18.1. The topological polar surface area (TPSA) is 75.6 Å². The summed E-state index contributed by atoms with van der Waals surface area (Å²) in [5.41, 5.74) is 0.511. The second-order valence-electron chi connectivity index (χ2n) is 5.98. The highest BCUT2D eigenvalue weighted by molar-refractivity contribution is 7.89. The molecular weight excluding hydrogens is 290 g/mol. The van der Waals surface area contributed by atoms with Gasteiger partial charge in [-0.15, -0.1) is 0 Å². The molecule has 5 nitrogen and oxygen atoms in total. The molecule has 0 aliphatic heterocycles. The van der Waals surface area contributed by atoms with Gasteiger partial charge >= 0.3 is 0 Å². The van der Waals surface area contributed by atoms with Crippen LogP contribution < -0.4 is 4.72 Å². The van der Waals surface area contributed by atoms with Gasteiger partial charge in [-0.1, -0.05) is 26.0 Å². The van der Waals surface area contributed by atoms with Crippen LogP contribution >= 0.6 is 0 Å². The van der Waals surface area contributed by atoms with E-state index in [1.54, 1.807) is 26.2 Å². The number of methoxy groups -OCH3 is 1. The Labute approximate surface area is 127 Å². The predicted molar refractivity (Wildman–Crippen MR) is 82.5 cm³/mol. The van der Waals surface area contributed by atoms with Gasteiger partial charge < -0.3 is 9.84 Å². The van der Waals surface area contributed by atoms with Crippen molar-refractivity contribution in [1.29, 1.82) is 0 Å². The number of ether oxygens (including phenoxy) is 1. The quantitative estimate of drug-likeness (QED) is 0.770. The van der Waals surface area contributed by atoms with E-state index in [9.17, 15) is 13.5 Å². The van der Waals surface area contributed by atoms with Gasteiger partial charge in [0.2, 0.25) is 10.0 Å². The summed E-state index contributed by atoms with van der Waals surface area (Å²) >= 11 is 0. The molecule has 1 atom stereocenters. The van der Waals surface area contributed by atoms with Crippen LogP contribution in [-0.2, 0) is 14.8 Å². The van der Waals surface area contributed by atoms with Crippen molar-refractivity contribution < 1.29 is 18.3 Å². The van der Waals surface area contributed by atoms with Crippen LogP contribution in [0, 0.1) is 5.41 Å². The van der Waals surface area contributed by atoms with Crippen LogP contribution in [0.3, 0.4) is 0 Å². The van der Waals surface area contributed by atoms with Crippen molar-refractivity contribution in [2.75, 3.05) is 20.3 Å². The molecule has 0 spiro atoms. The molecule has 0 saturated heterocycles. The van der Waals surface area contributed by atoms with Crippen molar-refractivity contribution in [3.05, 3.63) is 29.8 Å². The minimum Gasteiger partial charge on any atom is -0.389 e. The van der Waals surface area contributed by atoms with E-state index in [1.807, 2.05) is 13.8 Å². The summed E-state index contributed by atoms with van der Waals surface area (Å²) in [6, 6.07) is 6.25. The van der Waals surface area contributed by atoms with Gasteiger partial charge in [0.05, 0.1) is 11.0 Å². The second kappa shape index (κ2) is 7.35. The van der Waals surface area contributed by atoms with Crippen LogP contribution in [0.5, 0.6) is 0 Å². The highest BCUT2D eigenvalue weighted by atomic mass is 32.2. The van der Waals surface area contributed by atoms with Crippen LogP contribution in [0.2, 0.25) is 0 Å². The SMILES string of the molecule is COCCC(C)(C)CNS(=O)(=O)c1ccc(C(C)O)cc1. The Morgan fingerprint density at radius 1 is 1.29 bits per heavy atom. The number of aliphatic hydroxyl groups is 1. The molecule has 0 radical (unpaired) electrons. The Hall–Kier alpha value is -0.950. The number of rotatable bonds is 8. The molecule has 0 aliphatic carbocycles. The average molecular weight is 315 g/mol. The molecule has 1 unspecified atom stereocenters. The molecule has 0 heterocycles. The Kier molecular flexibility index (Phi) is 6.34. The van der Waals surface area contributed by atoms with E-state index >= 15 is 0 Å². The molecule has 0 aliphatic rings. The highest BCUT2D eigenvalue weighted by Crippen LogP contribution is 2.21. The number of sulfonamides is 1. The van der Waals surface area contributed by atoms with E-state index in [2.05, 4.69) is 4.72 Å². The fraction of sp³-hybridized carbons (Fsp3) is 0.600. The monoisotopic (exact) mass is 315 g/mol. The molecule has 0 saturated carbocycles. The van der Waals surface area contributed by atoms with E-state index in [4.69, 9.17) is 4.74 Å². The van der Waals surface area contributed by atoms with Gasteiger partial charge in [0.1, 0.15) is 0 Å². The average Bonchev–Trinajstić information content (AvgIpc) is 2.43. The third-order valence-electron chi connectivity index (χ3n) is 3.40. The van der Waals surface area contributed by atoms with Crippen molar-refractivity contribution >= 4 is 10.0 Å². The number of hydrogen-bond acceptors (Lipinski definition) is 4. The summed E-state index contributed by atoms with van der Waals surface area (Å²) in [5.74, 6) is 0. The molecule has 0 bridgehead atoms. The van der Waals surface area contributed by atoms with Crippen molar-refractivity contribution in [3.8, 4) is 0 Å². The highest BCUT2D eigenvalue weighted by Gasteiger charge is 2.22.